The summed E-state index contributed by atoms with van der Waals surface area (Å²) in [6, 6.07) is 13.9. The van der Waals surface area contributed by atoms with Crippen molar-refractivity contribution in [2.75, 3.05) is 10.0 Å². The van der Waals surface area contributed by atoms with Gasteiger partial charge in [0.05, 0.1) is 20.4 Å². The normalized spacial score (nSPS) is 11.6. The van der Waals surface area contributed by atoms with Crippen molar-refractivity contribution < 1.29 is 12.8 Å². The van der Waals surface area contributed by atoms with Crippen LogP contribution in [0.4, 0.5) is 21.7 Å². The number of hydrogen-bond donors (Lipinski definition) is 2. The second kappa shape index (κ2) is 7.75. The van der Waals surface area contributed by atoms with Gasteiger partial charge in [-0.3, -0.25) is 4.72 Å². The molecule has 0 aliphatic rings. The molecule has 0 fully saturated rings. The lowest BCUT2D eigenvalue weighted by molar-refractivity contribution is 0.603. The summed E-state index contributed by atoms with van der Waals surface area (Å²) in [5.74, 6) is -0.455. The van der Waals surface area contributed by atoms with Crippen LogP contribution in [0.2, 0.25) is 9.36 Å². The number of nitrogens with zero attached hydrogens (tertiary/aromatic N) is 2. The summed E-state index contributed by atoms with van der Waals surface area (Å²) in [4.78, 5) is 8.82. The number of rotatable bonds is 5. The van der Waals surface area contributed by atoms with Crippen LogP contribution >= 0.6 is 34.5 Å². The molecule has 11 heteroatoms. The van der Waals surface area contributed by atoms with E-state index in [9.17, 15) is 12.8 Å². The second-order valence-electron chi connectivity index (χ2n) is 5.83. The Kier molecular flexibility index (Phi) is 5.30. The van der Waals surface area contributed by atoms with E-state index >= 15 is 0 Å². The maximum atomic E-state index is 13.4. The highest BCUT2D eigenvalue weighted by Crippen LogP contribution is 2.31. The molecule has 0 bridgehead atoms. The molecule has 0 radical (unpaired) electrons. The maximum absolute atomic E-state index is 13.4. The van der Waals surface area contributed by atoms with E-state index in [-0.39, 0.29) is 20.9 Å². The lowest BCUT2D eigenvalue weighted by Gasteiger charge is -2.13. The number of hydrogen-bond acceptors (Lipinski definition) is 6. The molecule has 0 amide bonds. The Morgan fingerprint density at radius 1 is 0.931 bits per heavy atom. The molecule has 0 saturated carbocycles. The van der Waals surface area contributed by atoms with Crippen LogP contribution in [-0.2, 0) is 10.0 Å². The summed E-state index contributed by atoms with van der Waals surface area (Å²) in [5, 5.41) is 2.85. The van der Waals surface area contributed by atoms with Gasteiger partial charge in [0.15, 0.2) is 11.6 Å². The molecule has 2 aromatic carbocycles. The number of nitrogens with one attached hydrogen (secondary N) is 2. The number of thiophene rings is 1. The van der Waals surface area contributed by atoms with Crippen LogP contribution in [0.1, 0.15) is 0 Å². The molecular formula is C18H11Cl2FN4O2S2. The van der Waals surface area contributed by atoms with Gasteiger partial charge in [0.25, 0.3) is 10.0 Å². The van der Waals surface area contributed by atoms with Crippen molar-refractivity contribution in [2.24, 2.45) is 0 Å². The lowest BCUT2D eigenvalue weighted by Crippen LogP contribution is -2.15. The molecule has 0 saturated heterocycles. The number of aromatic nitrogens is 2. The minimum atomic E-state index is -3.94. The number of anilines is 3. The van der Waals surface area contributed by atoms with Crippen molar-refractivity contribution in [1.29, 1.82) is 0 Å². The van der Waals surface area contributed by atoms with E-state index in [1.807, 2.05) is 0 Å². The smallest absolute Gasteiger partial charge is 0.272 e. The van der Waals surface area contributed by atoms with Crippen LogP contribution in [0.15, 0.2) is 58.8 Å². The third-order valence-corrected chi connectivity index (χ3v) is 7.15. The topological polar surface area (TPSA) is 84.0 Å². The van der Waals surface area contributed by atoms with Crippen LogP contribution in [0.3, 0.4) is 0 Å². The number of para-hydroxylation sites is 2. The van der Waals surface area contributed by atoms with Gasteiger partial charge in [-0.05, 0) is 42.5 Å². The average Bonchev–Trinajstić information content (AvgIpc) is 3.12. The highest BCUT2D eigenvalue weighted by Gasteiger charge is 2.21. The summed E-state index contributed by atoms with van der Waals surface area (Å²) in [7, 11) is -3.94. The molecule has 0 unspecified atom stereocenters. The van der Waals surface area contributed by atoms with Crippen molar-refractivity contribution in [2.45, 2.75) is 4.21 Å². The Hall–Kier alpha value is -2.46. The highest BCUT2D eigenvalue weighted by atomic mass is 35.5. The van der Waals surface area contributed by atoms with E-state index in [0.717, 1.165) is 11.3 Å². The predicted molar refractivity (Wildman–Crippen MR) is 114 cm³/mol. The monoisotopic (exact) mass is 468 g/mol. The van der Waals surface area contributed by atoms with Gasteiger partial charge in [-0.1, -0.05) is 35.3 Å². The van der Waals surface area contributed by atoms with Gasteiger partial charge in [0, 0.05) is 5.69 Å². The third kappa shape index (κ3) is 4.27. The Labute approximate surface area is 179 Å². The molecule has 29 heavy (non-hydrogen) atoms. The molecule has 0 spiro atoms. The quantitative estimate of drug-likeness (QED) is 0.393. The molecule has 0 aliphatic heterocycles. The first-order valence-electron chi connectivity index (χ1n) is 8.09. The fraction of sp³-hybridized carbons (Fsp3) is 0. The van der Waals surface area contributed by atoms with Gasteiger partial charge in [0.2, 0.25) is 0 Å². The van der Waals surface area contributed by atoms with Gasteiger partial charge < -0.3 is 5.32 Å². The second-order valence-corrected chi connectivity index (χ2v) is 9.86. The lowest BCUT2D eigenvalue weighted by atomic mass is 10.3. The van der Waals surface area contributed by atoms with Gasteiger partial charge in [-0.15, -0.1) is 11.3 Å². The van der Waals surface area contributed by atoms with E-state index in [1.165, 1.54) is 30.3 Å². The molecule has 2 heterocycles. The minimum absolute atomic E-state index is 0.0198. The summed E-state index contributed by atoms with van der Waals surface area (Å²) in [6.45, 7) is 0. The van der Waals surface area contributed by atoms with Crippen LogP contribution in [0.25, 0.3) is 11.0 Å². The number of fused-ring (bicyclic) bond motifs is 1. The Balaban J connectivity index is 1.78. The predicted octanol–water partition coefficient (Wildman–Crippen LogP) is 5.68. The number of sulfonamides is 1. The first kappa shape index (κ1) is 19.8. The first-order valence-corrected chi connectivity index (χ1v) is 11.1. The molecule has 6 nitrogen and oxygen atoms in total. The summed E-state index contributed by atoms with van der Waals surface area (Å²) < 4.78 is 41.7. The number of halogens is 3. The largest absolute Gasteiger partial charge is 0.337 e. The Morgan fingerprint density at radius 3 is 2.24 bits per heavy atom. The molecular weight excluding hydrogens is 458 g/mol. The standard InChI is InChI=1S/C18H11Cl2FN4O2S2/c19-11-9-10(5-6-12(11)21)22-17-18(24-14-4-2-1-3-13(14)23-17)25-29(26,27)16-8-7-15(20)28-16/h1-9H,(H,22,23)(H,24,25). The zero-order valence-electron chi connectivity index (χ0n) is 14.4. The molecule has 4 aromatic rings. The third-order valence-electron chi connectivity index (χ3n) is 3.80. The van der Waals surface area contributed by atoms with Crippen molar-refractivity contribution in [1.82, 2.24) is 9.97 Å². The van der Waals surface area contributed by atoms with Crippen LogP contribution < -0.4 is 10.0 Å². The van der Waals surface area contributed by atoms with E-state index in [0.29, 0.717) is 21.1 Å². The van der Waals surface area contributed by atoms with Gasteiger partial charge in [0.1, 0.15) is 10.0 Å². The fourth-order valence-electron chi connectivity index (χ4n) is 2.49. The molecule has 2 aromatic heterocycles. The van der Waals surface area contributed by atoms with Crippen molar-refractivity contribution in [3.05, 3.63) is 69.8 Å². The van der Waals surface area contributed by atoms with Gasteiger partial charge >= 0.3 is 0 Å². The maximum Gasteiger partial charge on any atom is 0.272 e. The first-order chi connectivity index (χ1) is 13.8. The van der Waals surface area contributed by atoms with E-state index in [4.69, 9.17) is 23.2 Å². The van der Waals surface area contributed by atoms with E-state index in [2.05, 4.69) is 20.0 Å². The van der Waals surface area contributed by atoms with Crippen LogP contribution in [0, 0.1) is 5.82 Å². The van der Waals surface area contributed by atoms with E-state index in [1.54, 1.807) is 24.3 Å². The molecule has 4 rings (SSSR count). The van der Waals surface area contributed by atoms with Crippen molar-refractivity contribution >= 4 is 72.9 Å². The Bertz CT molecular complexity index is 1330. The zero-order valence-corrected chi connectivity index (χ0v) is 17.5. The SMILES string of the molecule is O=S(=O)(Nc1nc2ccccc2nc1Nc1ccc(F)c(Cl)c1)c1ccc(Cl)s1. The van der Waals surface area contributed by atoms with Gasteiger partial charge in [-0.25, -0.2) is 22.8 Å². The minimum Gasteiger partial charge on any atom is -0.337 e. The highest BCUT2D eigenvalue weighted by molar-refractivity contribution is 7.94. The molecule has 0 aliphatic carbocycles. The van der Waals surface area contributed by atoms with E-state index < -0.39 is 15.8 Å². The molecule has 148 valence electrons. The van der Waals surface area contributed by atoms with Crippen LogP contribution in [-0.4, -0.2) is 18.4 Å². The zero-order chi connectivity index (χ0) is 20.6. The fourth-order valence-corrected chi connectivity index (χ4v) is 5.16. The van der Waals surface area contributed by atoms with Crippen molar-refractivity contribution in [3.8, 4) is 0 Å². The summed E-state index contributed by atoms with van der Waals surface area (Å²) in [6.07, 6.45) is 0. The van der Waals surface area contributed by atoms with Crippen molar-refractivity contribution in [3.63, 3.8) is 0 Å². The number of benzene rings is 2. The molecule has 0 atom stereocenters. The Morgan fingerprint density at radius 2 is 1.62 bits per heavy atom. The summed E-state index contributed by atoms with van der Waals surface area (Å²) in [5.41, 5.74) is 1.46. The summed E-state index contributed by atoms with van der Waals surface area (Å²) >= 11 is 12.6. The van der Waals surface area contributed by atoms with Crippen LogP contribution in [0.5, 0.6) is 0 Å². The van der Waals surface area contributed by atoms with Gasteiger partial charge in [-0.2, -0.15) is 0 Å². The molecule has 2 N–H and O–H groups in total. The average molecular weight is 469 g/mol.